The van der Waals surface area contributed by atoms with E-state index in [0.717, 1.165) is 5.69 Å². The molecule has 5 nitrogen and oxygen atoms in total. The van der Waals surface area contributed by atoms with Gasteiger partial charge in [-0.3, -0.25) is 0 Å². The molecule has 19 heavy (non-hydrogen) atoms. The van der Waals surface area contributed by atoms with E-state index in [1.807, 2.05) is 6.92 Å². The third kappa shape index (κ3) is 3.38. The molecular weight excluding hydrogens is 251 g/mol. The summed E-state index contributed by atoms with van der Waals surface area (Å²) in [5, 5.41) is 15.5. The van der Waals surface area contributed by atoms with E-state index in [1.54, 1.807) is 12.1 Å². The van der Waals surface area contributed by atoms with Crippen LogP contribution in [0.15, 0.2) is 28.8 Å². The Morgan fingerprint density at radius 2 is 2.21 bits per heavy atom. The number of benzene rings is 1. The van der Waals surface area contributed by atoms with Crippen molar-refractivity contribution in [3.05, 3.63) is 52.7 Å². The molecule has 0 radical (unpaired) electrons. The van der Waals surface area contributed by atoms with Crippen molar-refractivity contribution in [3.63, 3.8) is 0 Å². The van der Waals surface area contributed by atoms with Gasteiger partial charge in [0.1, 0.15) is 5.82 Å². The van der Waals surface area contributed by atoms with Crippen LogP contribution in [0.4, 0.5) is 4.39 Å². The number of nitrogens with one attached hydrogen (secondary N) is 1. The summed E-state index contributed by atoms with van der Waals surface area (Å²) in [5.74, 6) is -1.31. The van der Waals surface area contributed by atoms with Crippen LogP contribution in [0.2, 0.25) is 0 Å². The molecule has 0 bridgehead atoms. The maximum absolute atomic E-state index is 13.4. The largest absolute Gasteiger partial charge is 0.478 e. The highest BCUT2D eigenvalue weighted by atomic mass is 19.1. The van der Waals surface area contributed by atoms with Gasteiger partial charge in [-0.1, -0.05) is 11.2 Å². The van der Waals surface area contributed by atoms with Crippen LogP contribution in [0.3, 0.4) is 0 Å². The van der Waals surface area contributed by atoms with Gasteiger partial charge in [0.25, 0.3) is 0 Å². The van der Waals surface area contributed by atoms with Gasteiger partial charge in [-0.25, -0.2) is 9.18 Å². The molecule has 2 aromatic rings. The quantitative estimate of drug-likeness (QED) is 0.865. The Kier molecular flexibility index (Phi) is 3.91. The Morgan fingerprint density at radius 1 is 1.42 bits per heavy atom. The monoisotopic (exact) mass is 264 g/mol. The van der Waals surface area contributed by atoms with Gasteiger partial charge in [0.2, 0.25) is 0 Å². The highest BCUT2D eigenvalue weighted by Gasteiger charge is 2.10. The molecule has 0 saturated carbocycles. The van der Waals surface area contributed by atoms with Crippen molar-refractivity contribution in [3.8, 4) is 0 Å². The molecule has 0 saturated heterocycles. The second kappa shape index (κ2) is 5.62. The molecule has 2 rings (SSSR count). The molecule has 1 aromatic carbocycles. The normalized spacial score (nSPS) is 10.6. The number of rotatable bonds is 5. The standard InChI is InChI=1S/C13H13FN2O3/c1-8-4-10(19-16-8)7-15-6-9-2-3-11(13(17)18)12(14)5-9/h2-5,15H,6-7H2,1H3,(H,17,18). The maximum Gasteiger partial charge on any atom is 0.338 e. The van der Waals surface area contributed by atoms with Crippen LogP contribution in [0, 0.1) is 12.7 Å². The number of halogens is 1. The molecule has 0 spiro atoms. The summed E-state index contributed by atoms with van der Waals surface area (Å²) < 4.78 is 18.4. The summed E-state index contributed by atoms with van der Waals surface area (Å²) in [5.41, 5.74) is 1.14. The van der Waals surface area contributed by atoms with Crippen LogP contribution in [0.25, 0.3) is 0 Å². The van der Waals surface area contributed by atoms with Gasteiger partial charge in [0.15, 0.2) is 5.76 Å². The number of carbonyl (C=O) groups is 1. The number of nitrogens with zero attached hydrogens (tertiary/aromatic N) is 1. The van der Waals surface area contributed by atoms with Gasteiger partial charge in [0, 0.05) is 12.6 Å². The minimum atomic E-state index is -1.27. The molecule has 0 fully saturated rings. The van der Waals surface area contributed by atoms with Crippen LogP contribution in [0.1, 0.15) is 27.4 Å². The SMILES string of the molecule is Cc1cc(CNCc2ccc(C(=O)O)c(F)c2)on1. The Hall–Kier alpha value is -2.21. The van der Waals surface area contributed by atoms with Crippen molar-refractivity contribution in [2.45, 2.75) is 20.0 Å². The summed E-state index contributed by atoms with van der Waals surface area (Å²) in [6.07, 6.45) is 0. The Bertz CT molecular complexity index is 595. The molecule has 1 aromatic heterocycles. The minimum absolute atomic E-state index is 0.324. The van der Waals surface area contributed by atoms with E-state index >= 15 is 0 Å². The lowest BCUT2D eigenvalue weighted by Crippen LogP contribution is -2.13. The number of aryl methyl sites for hydroxylation is 1. The lowest BCUT2D eigenvalue weighted by molar-refractivity contribution is 0.0692. The first-order valence-corrected chi connectivity index (χ1v) is 5.71. The van der Waals surface area contributed by atoms with Crippen LogP contribution in [-0.4, -0.2) is 16.2 Å². The predicted octanol–water partition coefficient (Wildman–Crippen LogP) is 2.11. The van der Waals surface area contributed by atoms with Crippen LogP contribution in [0.5, 0.6) is 0 Å². The Balaban J connectivity index is 1.93. The zero-order chi connectivity index (χ0) is 13.8. The number of hydrogen-bond acceptors (Lipinski definition) is 4. The molecule has 100 valence electrons. The van der Waals surface area contributed by atoms with Gasteiger partial charge in [-0.05, 0) is 24.6 Å². The van der Waals surface area contributed by atoms with Crippen molar-refractivity contribution in [1.29, 1.82) is 0 Å². The Labute approximate surface area is 109 Å². The third-order valence-corrected chi connectivity index (χ3v) is 2.57. The number of aromatic nitrogens is 1. The minimum Gasteiger partial charge on any atom is -0.478 e. The maximum atomic E-state index is 13.4. The molecule has 2 N–H and O–H groups in total. The first kappa shape index (κ1) is 13.2. The zero-order valence-electron chi connectivity index (χ0n) is 10.3. The summed E-state index contributed by atoms with van der Waals surface area (Å²) in [7, 11) is 0. The number of carboxylic acids is 1. The average Bonchev–Trinajstić information content (AvgIpc) is 2.75. The van der Waals surface area contributed by atoms with E-state index in [-0.39, 0.29) is 5.56 Å². The molecule has 0 atom stereocenters. The lowest BCUT2D eigenvalue weighted by Gasteiger charge is -2.04. The first-order chi connectivity index (χ1) is 9.06. The molecular formula is C13H13FN2O3. The summed E-state index contributed by atoms with van der Waals surface area (Å²) in [6, 6.07) is 5.85. The van der Waals surface area contributed by atoms with Crippen molar-refractivity contribution < 1.29 is 18.8 Å². The van der Waals surface area contributed by atoms with E-state index in [4.69, 9.17) is 9.63 Å². The fourth-order valence-corrected chi connectivity index (χ4v) is 1.67. The smallest absolute Gasteiger partial charge is 0.338 e. The van der Waals surface area contributed by atoms with E-state index in [9.17, 15) is 9.18 Å². The number of hydrogen-bond donors (Lipinski definition) is 2. The van der Waals surface area contributed by atoms with E-state index in [0.29, 0.717) is 24.4 Å². The summed E-state index contributed by atoms with van der Waals surface area (Å²) >= 11 is 0. The van der Waals surface area contributed by atoms with Crippen molar-refractivity contribution in [2.75, 3.05) is 0 Å². The summed E-state index contributed by atoms with van der Waals surface area (Å²) in [6.45, 7) is 2.71. The predicted molar refractivity (Wildman–Crippen MR) is 65.1 cm³/mol. The molecule has 0 aliphatic heterocycles. The molecule has 6 heteroatoms. The fraction of sp³-hybridized carbons (Fsp3) is 0.231. The second-order valence-electron chi connectivity index (χ2n) is 4.16. The Morgan fingerprint density at radius 3 is 2.79 bits per heavy atom. The molecule has 1 heterocycles. The van der Waals surface area contributed by atoms with E-state index in [1.165, 1.54) is 12.1 Å². The number of carboxylic acid groups (broad SMARTS) is 1. The van der Waals surface area contributed by atoms with Gasteiger partial charge in [0.05, 0.1) is 17.8 Å². The lowest BCUT2D eigenvalue weighted by atomic mass is 10.1. The van der Waals surface area contributed by atoms with Gasteiger partial charge in [-0.15, -0.1) is 0 Å². The molecule has 0 amide bonds. The van der Waals surface area contributed by atoms with Crippen molar-refractivity contribution >= 4 is 5.97 Å². The summed E-state index contributed by atoms with van der Waals surface area (Å²) in [4.78, 5) is 10.7. The van der Waals surface area contributed by atoms with Gasteiger partial charge < -0.3 is 14.9 Å². The highest BCUT2D eigenvalue weighted by Crippen LogP contribution is 2.11. The molecule has 0 unspecified atom stereocenters. The zero-order valence-corrected chi connectivity index (χ0v) is 10.3. The third-order valence-electron chi connectivity index (χ3n) is 2.57. The van der Waals surface area contributed by atoms with E-state index in [2.05, 4.69) is 10.5 Å². The van der Waals surface area contributed by atoms with Gasteiger partial charge in [-0.2, -0.15) is 0 Å². The van der Waals surface area contributed by atoms with Crippen LogP contribution < -0.4 is 5.32 Å². The second-order valence-corrected chi connectivity index (χ2v) is 4.16. The molecule has 0 aliphatic rings. The topological polar surface area (TPSA) is 75.4 Å². The van der Waals surface area contributed by atoms with E-state index < -0.39 is 11.8 Å². The highest BCUT2D eigenvalue weighted by molar-refractivity contribution is 5.87. The van der Waals surface area contributed by atoms with Crippen LogP contribution in [-0.2, 0) is 13.1 Å². The van der Waals surface area contributed by atoms with Crippen LogP contribution >= 0.6 is 0 Å². The first-order valence-electron chi connectivity index (χ1n) is 5.71. The van der Waals surface area contributed by atoms with Crippen molar-refractivity contribution in [1.82, 2.24) is 10.5 Å². The number of aromatic carboxylic acids is 1. The average molecular weight is 264 g/mol. The van der Waals surface area contributed by atoms with Crippen molar-refractivity contribution in [2.24, 2.45) is 0 Å². The fourth-order valence-electron chi connectivity index (χ4n) is 1.67. The molecule has 0 aliphatic carbocycles. The van der Waals surface area contributed by atoms with Gasteiger partial charge >= 0.3 is 5.97 Å².